The summed E-state index contributed by atoms with van der Waals surface area (Å²) in [7, 11) is 0. The predicted octanol–water partition coefficient (Wildman–Crippen LogP) is 2.18. The molecule has 1 aromatic carbocycles. The molecule has 1 aromatic rings. The molecule has 0 spiro atoms. The Labute approximate surface area is 84.6 Å². The van der Waals surface area contributed by atoms with Gasteiger partial charge in [0.05, 0.1) is 0 Å². The van der Waals surface area contributed by atoms with Crippen molar-refractivity contribution in [1.29, 1.82) is 0 Å². The molecule has 0 aromatic heterocycles. The number of ketones is 1. The fourth-order valence-corrected chi connectivity index (χ4v) is 1.78. The minimum Gasteiger partial charge on any atom is -0.385 e. The van der Waals surface area contributed by atoms with Crippen molar-refractivity contribution in [2.45, 2.75) is 33.8 Å². The van der Waals surface area contributed by atoms with Crippen LogP contribution in [0.1, 0.15) is 34.0 Å². The number of aryl methyl sites for hydroxylation is 3. The first-order chi connectivity index (χ1) is 6.43. The third-order valence-electron chi connectivity index (χ3n) is 2.30. The Bertz CT molecular complexity index is 342. The molecular weight excluding hydrogens is 176 g/mol. The van der Waals surface area contributed by atoms with E-state index in [4.69, 9.17) is 0 Å². The van der Waals surface area contributed by atoms with Crippen LogP contribution in [0.15, 0.2) is 12.1 Å². The van der Waals surface area contributed by atoms with E-state index in [0.717, 1.165) is 16.7 Å². The van der Waals surface area contributed by atoms with Gasteiger partial charge in [-0.05, 0) is 38.8 Å². The summed E-state index contributed by atoms with van der Waals surface area (Å²) in [6.45, 7) is 7.29. The van der Waals surface area contributed by atoms with Crippen molar-refractivity contribution in [3.05, 3.63) is 34.4 Å². The summed E-state index contributed by atoms with van der Waals surface area (Å²) in [5.74, 6) is -0.194. The summed E-state index contributed by atoms with van der Waals surface area (Å²) in [5, 5.41) is 9.24. The summed E-state index contributed by atoms with van der Waals surface area (Å²) in [4.78, 5) is 11.6. The summed E-state index contributed by atoms with van der Waals surface area (Å²) in [6, 6.07) is 3.92. The molecule has 1 unspecified atom stereocenters. The number of carbonyl (C=O) groups is 1. The number of rotatable bonds is 2. The summed E-state index contributed by atoms with van der Waals surface area (Å²) < 4.78 is 0. The molecule has 0 amide bonds. The maximum absolute atomic E-state index is 11.6. The van der Waals surface area contributed by atoms with Crippen molar-refractivity contribution in [3.8, 4) is 0 Å². The zero-order chi connectivity index (χ0) is 10.9. The number of benzene rings is 1. The maximum atomic E-state index is 11.6. The maximum Gasteiger partial charge on any atom is 0.191 e. The fraction of sp³-hybridized carbons (Fsp3) is 0.417. The van der Waals surface area contributed by atoms with E-state index >= 15 is 0 Å². The average molecular weight is 192 g/mol. The molecule has 0 aliphatic heterocycles. The van der Waals surface area contributed by atoms with Gasteiger partial charge in [0.25, 0.3) is 0 Å². The highest BCUT2D eigenvalue weighted by Crippen LogP contribution is 2.18. The zero-order valence-corrected chi connectivity index (χ0v) is 9.09. The zero-order valence-electron chi connectivity index (χ0n) is 9.09. The molecule has 1 atom stereocenters. The van der Waals surface area contributed by atoms with Gasteiger partial charge >= 0.3 is 0 Å². The normalized spacial score (nSPS) is 12.6. The second-order valence-electron chi connectivity index (χ2n) is 3.81. The smallest absolute Gasteiger partial charge is 0.191 e. The number of aliphatic hydroxyl groups is 1. The lowest BCUT2D eigenvalue weighted by Gasteiger charge is -2.11. The fourth-order valence-electron chi connectivity index (χ4n) is 1.78. The lowest BCUT2D eigenvalue weighted by Crippen LogP contribution is -2.18. The molecule has 0 saturated carbocycles. The van der Waals surface area contributed by atoms with Crippen molar-refractivity contribution in [1.82, 2.24) is 0 Å². The molecule has 1 N–H and O–H groups in total. The molecule has 2 heteroatoms. The average Bonchev–Trinajstić information content (AvgIpc) is 2.01. The number of hydrogen-bond donors (Lipinski definition) is 1. The molecule has 0 aliphatic rings. The molecule has 0 radical (unpaired) electrons. The van der Waals surface area contributed by atoms with E-state index in [0.29, 0.717) is 5.56 Å². The van der Waals surface area contributed by atoms with Crippen LogP contribution < -0.4 is 0 Å². The molecule has 0 aliphatic carbocycles. The van der Waals surface area contributed by atoms with Crippen LogP contribution in [0.5, 0.6) is 0 Å². The van der Waals surface area contributed by atoms with Gasteiger partial charge in [-0.1, -0.05) is 17.7 Å². The van der Waals surface area contributed by atoms with Crippen LogP contribution in [0.3, 0.4) is 0 Å². The van der Waals surface area contributed by atoms with E-state index in [-0.39, 0.29) is 5.78 Å². The van der Waals surface area contributed by atoms with Crippen LogP contribution in [0.2, 0.25) is 0 Å². The van der Waals surface area contributed by atoms with Gasteiger partial charge in [-0.25, -0.2) is 0 Å². The van der Waals surface area contributed by atoms with E-state index in [9.17, 15) is 9.90 Å². The minimum absolute atomic E-state index is 0.194. The van der Waals surface area contributed by atoms with E-state index in [2.05, 4.69) is 0 Å². The van der Waals surface area contributed by atoms with Crippen molar-refractivity contribution in [2.75, 3.05) is 0 Å². The summed E-state index contributed by atoms with van der Waals surface area (Å²) >= 11 is 0. The minimum atomic E-state index is -0.921. The predicted molar refractivity (Wildman–Crippen MR) is 56.7 cm³/mol. The second-order valence-corrected chi connectivity index (χ2v) is 3.81. The van der Waals surface area contributed by atoms with Gasteiger partial charge in [-0.15, -0.1) is 0 Å². The Morgan fingerprint density at radius 1 is 1.21 bits per heavy atom. The number of hydrogen-bond acceptors (Lipinski definition) is 2. The molecule has 76 valence electrons. The molecule has 0 fully saturated rings. The van der Waals surface area contributed by atoms with Crippen molar-refractivity contribution in [2.24, 2.45) is 0 Å². The molecule has 1 rings (SSSR count). The Hall–Kier alpha value is -1.15. The molecule has 2 nitrogen and oxygen atoms in total. The van der Waals surface area contributed by atoms with Crippen LogP contribution in [-0.4, -0.2) is 17.0 Å². The van der Waals surface area contributed by atoms with E-state index < -0.39 is 6.10 Å². The van der Waals surface area contributed by atoms with Gasteiger partial charge < -0.3 is 5.11 Å². The summed E-state index contributed by atoms with van der Waals surface area (Å²) in [6.07, 6.45) is -0.921. The third-order valence-corrected chi connectivity index (χ3v) is 2.30. The van der Waals surface area contributed by atoms with Gasteiger partial charge in [-0.2, -0.15) is 0 Å². The van der Waals surface area contributed by atoms with Crippen molar-refractivity contribution >= 4 is 5.78 Å². The van der Waals surface area contributed by atoms with Gasteiger partial charge in [0.2, 0.25) is 0 Å². The van der Waals surface area contributed by atoms with E-state index in [1.807, 2.05) is 32.9 Å². The Morgan fingerprint density at radius 3 is 2.00 bits per heavy atom. The highest BCUT2D eigenvalue weighted by molar-refractivity contribution is 6.01. The largest absolute Gasteiger partial charge is 0.385 e. The Balaban J connectivity index is 3.28. The molecule has 0 bridgehead atoms. The van der Waals surface area contributed by atoms with Crippen LogP contribution in [0.25, 0.3) is 0 Å². The van der Waals surface area contributed by atoms with Gasteiger partial charge in [-0.3, -0.25) is 4.79 Å². The summed E-state index contributed by atoms with van der Waals surface area (Å²) in [5.41, 5.74) is 3.68. The molecular formula is C12H16O2. The van der Waals surface area contributed by atoms with Gasteiger partial charge in [0.15, 0.2) is 5.78 Å². The number of Topliss-reactive ketones (excluding diaryl/α,β-unsaturated/α-hetero) is 1. The topological polar surface area (TPSA) is 37.3 Å². The number of aliphatic hydroxyl groups excluding tert-OH is 1. The molecule has 0 heterocycles. The lowest BCUT2D eigenvalue weighted by molar-refractivity contribution is 0.0778. The van der Waals surface area contributed by atoms with E-state index in [1.54, 1.807) is 0 Å². The van der Waals surface area contributed by atoms with Crippen LogP contribution in [0.4, 0.5) is 0 Å². The Kier molecular flexibility index (Phi) is 3.06. The Morgan fingerprint density at radius 2 is 1.64 bits per heavy atom. The first kappa shape index (κ1) is 10.9. The monoisotopic (exact) mass is 192 g/mol. The first-order valence-electron chi connectivity index (χ1n) is 4.73. The second kappa shape index (κ2) is 3.93. The van der Waals surface area contributed by atoms with Crippen LogP contribution in [0, 0.1) is 20.8 Å². The highest BCUT2D eigenvalue weighted by Gasteiger charge is 2.16. The van der Waals surface area contributed by atoms with Crippen molar-refractivity contribution in [3.63, 3.8) is 0 Å². The molecule has 0 saturated heterocycles. The SMILES string of the molecule is Cc1cc(C)c(C(=O)C(C)O)c(C)c1. The van der Waals surface area contributed by atoms with Gasteiger partial charge in [0, 0.05) is 5.56 Å². The standard InChI is InChI=1S/C12H16O2/c1-7-5-8(2)11(9(3)6-7)12(14)10(4)13/h5-6,10,13H,1-4H3. The quantitative estimate of drug-likeness (QED) is 0.729. The van der Waals surface area contributed by atoms with Crippen LogP contribution >= 0.6 is 0 Å². The first-order valence-corrected chi connectivity index (χ1v) is 4.73. The number of carbonyl (C=O) groups excluding carboxylic acids is 1. The van der Waals surface area contributed by atoms with Gasteiger partial charge in [0.1, 0.15) is 6.10 Å². The van der Waals surface area contributed by atoms with E-state index in [1.165, 1.54) is 6.92 Å². The highest BCUT2D eigenvalue weighted by atomic mass is 16.3. The lowest BCUT2D eigenvalue weighted by atomic mass is 9.95. The molecule has 14 heavy (non-hydrogen) atoms. The third kappa shape index (κ3) is 2.02. The van der Waals surface area contributed by atoms with Crippen LogP contribution in [-0.2, 0) is 0 Å². The van der Waals surface area contributed by atoms with Crippen molar-refractivity contribution < 1.29 is 9.90 Å².